The summed E-state index contributed by atoms with van der Waals surface area (Å²) in [5.41, 5.74) is 0. The van der Waals surface area contributed by atoms with Gasteiger partial charge in [0.2, 0.25) is 0 Å². The highest BCUT2D eigenvalue weighted by Gasteiger charge is 2.11. The Bertz CT molecular complexity index is 515. The van der Waals surface area contributed by atoms with Crippen molar-refractivity contribution in [2.24, 2.45) is 7.05 Å². The number of aromatic nitrogens is 2. The molecule has 0 saturated heterocycles. The summed E-state index contributed by atoms with van der Waals surface area (Å²) in [6, 6.07) is 10.6. The first-order valence-corrected chi connectivity index (χ1v) is 7.19. The van der Waals surface area contributed by atoms with Gasteiger partial charge in [0, 0.05) is 27.5 Å². The third-order valence-electron chi connectivity index (χ3n) is 2.54. The highest BCUT2D eigenvalue weighted by molar-refractivity contribution is 7.72. The van der Waals surface area contributed by atoms with Crippen molar-refractivity contribution in [2.45, 2.75) is 6.92 Å². The Balaban J connectivity index is 2.45. The van der Waals surface area contributed by atoms with Gasteiger partial charge in [-0.25, -0.2) is 0 Å². The van der Waals surface area contributed by atoms with E-state index in [0.29, 0.717) is 0 Å². The molecule has 1 aromatic heterocycles. The van der Waals surface area contributed by atoms with Crippen LogP contribution in [0.1, 0.15) is 6.92 Å². The number of hydrogen-bond acceptors (Lipinski definition) is 1. The van der Waals surface area contributed by atoms with Gasteiger partial charge < -0.3 is 4.57 Å². The lowest BCUT2D eigenvalue weighted by Gasteiger charge is -2.17. The van der Waals surface area contributed by atoms with E-state index in [9.17, 15) is 0 Å². The SMILES string of the molecule is CCP(c1ccccc1)n1ccn(C)c1=S. The molecule has 0 fully saturated rings. The van der Waals surface area contributed by atoms with Gasteiger partial charge >= 0.3 is 0 Å². The van der Waals surface area contributed by atoms with Gasteiger partial charge in [0.05, 0.1) is 0 Å². The van der Waals surface area contributed by atoms with Crippen molar-refractivity contribution >= 4 is 25.6 Å². The van der Waals surface area contributed by atoms with Crippen LogP contribution in [0.2, 0.25) is 0 Å². The molecule has 0 aliphatic rings. The monoisotopic (exact) mass is 250 g/mol. The van der Waals surface area contributed by atoms with Crippen molar-refractivity contribution < 1.29 is 0 Å². The third kappa shape index (κ3) is 2.11. The Morgan fingerprint density at radius 3 is 2.38 bits per heavy atom. The summed E-state index contributed by atoms with van der Waals surface area (Å²) in [6.07, 6.45) is 5.22. The molecule has 4 heteroatoms. The molecule has 2 aromatic rings. The van der Waals surface area contributed by atoms with Gasteiger partial charge in [0.15, 0.2) is 4.77 Å². The van der Waals surface area contributed by atoms with E-state index < -0.39 is 0 Å². The summed E-state index contributed by atoms with van der Waals surface area (Å²) in [5, 5.41) is 1.38. The van der Waals surface area contributed by atoms with Crippen LogP contribution in [0.25, 0.3) is 0 Å². The molecule has 1 heterocycles. The van der Waals surface area contributed by atoms with Crippen molar-refractivity contribution in [1.82, 2.24) is 8.90 Å². The average molecular weight is 250 g/mol. The van der Waals surface area contributed by atoms with Crippen molar-refractivity contribution in [3.8, 4) is 0 Å². The molecule has 1 aromatic carbocycles. The maximum atomic E-state index is 5.41. The second-order valence-corrected chi connectivity index (χ2v) is 6.33. The lowest BCUT2D eigenvalue weighted by Crippen LogP contribution is -2.08. The van der Waals surface area contributed by atoms with Crippen LogP contribution in [0.3, 0.4) is 0 Å². The van der Waals surface area contributed by atoms with Crippen LogP contribution >= 0.6 is 20.3 Å². The van der Waals surface area contributed by atoms with E-state index in [1.54, 1.807) is 0 Å². The van der Waals surface area contributed by atoms with Gasteiger partial charge in [0.1, 0.15) is 0 Å². The first-order chi connectivity index (χ1) is 7.74. The van der Waals surface area contributed by atoms with Crippen LogP contribution in [0, 0.1) is 4.77 Å². The molecule has 0 saturated carbocycles. The zero-order chi connectivity index (χ0) is 11.5. The molecule has 0 spiro atoms. The molecule has 84 valence electrons. The molecule has 2 nitrogen and oxygen atoms in total. The van der Waals surface area contributed by atoms with E-state index in [2.05, 4.69) is 47.8 Å². The topological polar surface area (TPSA) is 9.86 Å². The van der Waals surface area contributed by atoms with Crippen LogP contribution in [-0.2, 0) is 7.05 Å². The van der Waals surface area contributed by atoms with Crippen LogP contribution < -0.4 is 5.30 Å². The van der Waals surface area contributed by atoms with Gasteiger partial charge in [-0.15, -0.1) is 0 Å². The fourth-order valence-electron chi connectivity index (χ4n) is 1.70. The second-order valence-electron chi connectivity index (χ2n) is 3.59. The van der Waals surface area contributed by atoms with E-state index in [4.69, 9.17) is 12.2 Å². The lowest BCUT2D eigenvalue weighted by molar-refractivity contribution is 0.883. The molecule has 0 amide bonds. The first-order valence-electron chi connectivity index (χ1n) is 5.31. The molecular formula is C12H15N2PS. The molecule has 1 atom stereocenters. The minimum atomic E-state index is -0.357. The Labute approximate surface area is 102 Å². The maximum absolute atomic E-state index is 5.41. The van der Waals surface area contributed by atoms with Crippen LogP contribution in [0.5, 0.6) is 0 Å². The number of hydrogen-bond donors (Lipinski definition) is 0. The predicted molar refractivity (Wildman–Crippen MR) is 73.2 cm³/mol. The van der Waals surface area contributed by atoms with Gasteiger partial charge in [-0.3, -0.25) is 4.34 Å². The standard InChI is InChI=1S/C12H15N2PS/c1-3-15(11-7-5-4-6-8-11)14-10-9-13(2)12(14)16/h4-10H,3H2,1-2H3. The Kier molecular flexibility index (Phi) is 3.57. The smallest absolute Gasteiger partial charge is 0.183 e. The Morgan fingerprint density at radius 1 is 1.19 bits per heavy atom. The Hall–Kier alpha value is -0.920. The van der Waals surface area contributed by atoms with E-state index in [1.165, 1.54) is 5.30 Å². The molecule has 0 N–H and O–H groups in total. The summed E-state index contributed by atoms with van der Waals surface area (Å²) >= 11 is 5.41. The summed E-state index contributed by atoms with van der Waals surface area (Å²) in [5.74, 6) is 0. The summed E-state index contributed by atoms with van der Waals surface area (Å²) in [6.45, 7) is 2.22. The number of benzene rings is 1. The number of aryl methyl sites for hydroxylation is 1. The van der Waals surface area contributed by atoms with Gasteiger partial charge in [-0.05, 0) is 23.7 Å². The van der Waals surface area contributed by atoms with Crippen molar-refractivity contribution in [1.29, 1.82) is 0 Å². The highest BCUT2D eigenvalue weighted by Crippen LogP contribution is 2.35. The number of imidazole rings is 1. The first kappa shape index (κ1) is 11.6. The molecule has 2 rings (SSSR count). The highest BCUT2D eigenvalue weighted by atomic mass is 32.1. The summed E-state index contributed by atoms with van der Waals surface area (Å²) in [4.78, 5) is 0. The zero-order valence-corrected chi connectivity index (χ0v) is 11.2. The molecule has 1 unspecified atom stereocenters. The van der Waals surface area contributed by atoms with E-state index in [-0.39, 0.29) is 8.07 Å². The van der Waals surface area contributed by atoms with Crippen molar-refractivity contribution in [3.05, 3.63) is 47.5 Å². The maximum Gasteiger partial charge on any atom is 0.183 e. The predicted octanol–water partition coefficient (Wildman–Crippen LogP) is 3.15. The van der Waals surface area contributed by atoms with Crippen LogP contribution in [0.4, 0.5) is 0 Å². The number of rotatable bonds is 3. The quantitative estimate of drug-likeness (QED) is 0.601. The van der Waals surface area contributed by atoms with Gasteiger partial charge in [-0.1, -0.05) is 37.3 Å². The largest absolute Gasteiger partial charge is 0.327 e. The number of nitrogens with zero attached hydrogens (tertiary/aromatic N) is 2. The van der Waals surface area contributed by atoms with Crippen LogP contribution in [-0.4, -0.2) is 15.1 Å². The lowest BCUT2D eigenvalue weighted by atomic mass is 10.4. The van der Waals surface area contributed by atoms with Crippen molar-refractivity contribution in [2.75, 3.05) is 6.16 Å². The van der Waals surface area contributed by atoms with Gasteiger partial charge in [0.25, 0.3) is 0 Å². The minimum Gasteiger partial charge on any atom is -0.327 e. The van der Waals surface area contributed by atoms with Gasteiger partial charge in [-0.2, -0.15) is 0 Å². The fraction of sp³-hybridized carbons (Fsp3) is 0.250. The summed E-state index contributed by atoms with van der Waals surface area (Å²) in [7, 11) is 1.64. The summed E-state index contributed by atoms with van der Waals surface area (Å²) < 4.78 is 5.11. The van der Waals surface area contributed by atoms with E-state index in [1.807, 2.05) is 17.8 Å². The Morgan fingerprint density at radius 2 is 1.88 bits per heavy atom. The average Bonchev–Trinajstić information content (AvgIpc) is 2.64. The van der Waals surface area contributed by atoms with E-state index >= 15 is 0 Å². The second kappa shape index (κ2) is 4.94. The van der Waals surface area contributed by atoms with Crippen LogP contribution in [0.15, 0.2) is 42.7 Å². The molecular weight excluding hydrogens is 235 g/mol. The normalized spacial score (nSPS) is 12.6. The molecule has 0 bridgehead atoms. The molecule has 0 aliphatic carbocycles. The molecule has 0 radical (unpaired) electrons. The van der Waals surface area contributed by atoms with E-state index in [0.717, 1.165) is 10.9 Å². The zero-order valence-electron chi connectivity index (χ0n) is 9.50. The van der Waals surface area contributed by atoms with Crippen molar-refractivity contribution in [3.63, 3.8) is 0 Å². The third-order valence-corrected chi connectivity index (χ3v) is 5.50. The molecule has 0 aliphatic heterocycles. The fourth-order valence-corrected chi connectivity index (χ4v) is 4.12. The minimum absolute atomic E-state index is 0.357. The molecule has 16 heavy (non-hydrogen) atoms.